The van der Waals surface area contributed by atoms with Gasteiger partial charge in [-0.25, -0.2) is 8.42 Å². The van der Waals surface area contributed by atoms with Gasteiger partial charge in [0, 0.05) is 24.1 Å². The Balaban J connectivity index is 2.27. The number of halogens is 1. The summed E-state index contributed by atoms with van der Waals surface area (Å²) < 4.78 is 26.6. The molecule has 114 valence electrons. The van der Waals surface area contributed by atoms with Crippen LogP contribution in [0.4, 0.5) is 0 Å². The Morgan fingerprint density at radius 2 is 2.14 bits per heavy atom. The van der Waals surface area contributed by atoms with E-state index in [1.54, 1.807) is 6.07 Å². The number of rotatable bonds is 6. The van der Waals surface area contributed by atoms with Gasteiger partial charge in [0.1, 0.15) is 0 Å². The van der Waals surface area contributed by atoms with Gasteiger partial charge >= 0.3 is 0 Å². The number of H-pyrrole nitrogens is 1. The molecule has 0 saturated heterocycles. The van der Waals surface area contributed by atoms with Crippen molar-refractivity contribution in [3.8, 4) is 0 Å². The lowest BCUT2D eigenvalue weighted by molar-refractivity contribution is 0.419. The van der Waals surface area contributed by atoms with E-state index in [1.807, 2.05) is 32.0 Å². The SMILES string of the molecule is CCN(Cc1cccc(C)n1)S(=O)(=O)c1c[nH]c(CCl)c1. The Kier molecular flexibility index (Phi) is 5.03. The lowest BCUT2D eigenvalue weighted by atomic mass is 10.3. The van der Waals surface area contributed by atoms with Gasteiger partial charge in [-0.05, 0) is 25.1 Å². The zero-order chi connectivity index (χ0) is 15.5. The first kappa shape index (κ1) is 16.0. The number of hydrogen-bond donors (Lipinski definition) is 1. The van der Waals surface area contributed by atoms with E-state index >= 15 is 0 Å². The summed E-state index contributed by atoms with van der Waals surface area (Å²) in [7, 11) is -3.55. The lowest BCUT2D eigenvalue weighted by Crippen LogP contribution is -2.30. The standard InChI is InChI=1S/C14H18ClN3O2S/c1-3-18(10-12-6-4-5-11(2)17-12)21(19,20)14-7-13(8-15)16-9-14/h4-7,9,16H,3,8,10H2,1-2H3. The summed E-state index contributed by atoms with van der Waals surface area (Å²) >= 11 is 5.70. The molecule has 21 heavy (non-hydrogen) atoms. The summed E-state index contributed by atoms with van der Waals surface area (Å²) in [5.41, 5.74) is 2.28. The van der Waals surface area contributed by atoms with Gasteiger partial charge in [-0.15, -0.1) is 11.6 Å². The maximum Gasteiger partial charge on any atom is 0.244 e. The number of pyridine rings is 1. The second kappa shape index (κ2) is 6.60. The summed E-state index contributed by atoms with van der Waals surface area (Å²) in [5.74, 6) is 0.251. The van der Waals surface area contributed by atoms with Gasteiger partial charge in [-0.3, -0.25) is 4.98 Å². The van der Waals surface area contributed by atoms with Gasteiger partial charge in [0.2, 0.25) is 10.0 Å². The zero-order valence-electron chi connectivity index (χ0n) is 12.0. The van der Waals surface area contributed by atoms with Crippen LogP contribution in [0, 0.1) is 6.92 Å². The van der Waals surface area contributed by atoms with Crippen molar-refractivity contribution in [1.29, 1.82) is 0 Å². The van der Waals surface area contributed by atoms with Crippen LogP contribution in [0.5, 0.6) is 0 Å². The van der Waals surface area contributed by atoms with Crippen LogP contribution in [0.1, 0.15) is 24.0 Å². The average molecular weight is 328 g/mol. The number of hydrogen-bond acceptors (Lipinski definition) is 3. The third-order valence-corrected chi connectivity index (χ3v) is 5.32. The number of aryl methyl sites for hydroxylation is 1. The minimum absolute atomic E-state index is 0.229. The van der Waals surface area contributed by atoms with E-state index in [0.29, 0.717) is 12.2 Å². The van der Waals surface area contributed by atoms with Crippen LogP contribution in [0.25, 0.3) is 0 Å². The van der Waals surface area contributed by atoms with Gasteiger partial charge in [0.05, 0.1) is 23.0 Å². The molecular formula is C14H18ClN3O2S. The Bertz CT molecular complexity index is 713. The van der Waals surface area contributed by atoms with Gasteiger partial charge in [0.15, 0.2) is 0 Å². The molecule has 0 aliphatic rings. The average Bonchev–Trinajstić information content (AvgIpc) is 2.94. The largest absolute Gasteiger partial charge is 0.363 e. The van der Waals surface area contributed by atoms with E-state index < -0.39 is 10.0 Å². The molecule has 0 amide bonds. The first-order valence-corrected chi connectivity index (χ1v) is 8.60. The number of nitrogens with one attached hydrogen (secondary N) is 1. The summed E-state index contributed by atoms with van der Waals surface area (Å²) in [5, 5.41) is 0. The van der Waals surface area contributed by atoms with Crippen molar-refractivity contribution in [3.05, 3.63) is 47.5 Å². The van der Waals surface area contributed by atoms with Crippen LogP contribution in [0.2, 0.25) is 0 Å². The molecule has 1 N–H and O–H groups in total. The molecule has 0 radical (unpaired) electrons. The molecule has 0 aliphatic carbocycles. The molecular weight excluding hydrogens is 310 g/mol. The first-order chi connectivity index (χ1) is 9.97. The Morgan fingerprint density at radius 1 is 1.38 bits per heavy atom. The topological polar surface area (TPSA) is 66.1 Å². The van der Waals surface area contributed by atoms with Crippen LogP contribution >= 0.6 is 11.6 Å². The van der Waals surface area contributed by atoms with E-state index in [4.69, 9.17) is 11.6 Å². The molecule has 0 atom stereocenters. The molecule has 5 nitrogen and oxygen atoms in total. The summed E-state index contributed by atoms with van der Waals surface area (Å²) in [6.45, 7) is 4.32. The normalized spacial score (nSPS) is 12.0. The van der Waals surface area contributed by atoms with E-state index in [1.165, 1.54) is 10.5 Å². The molecule has 0 aromatic carbocycles. The minimum Gasteiger partial charge on any atom is -0.363 e. The predicted molar refractivity (Wildman–Crippen MR) is 82.6 cm³/mol. The van der Waals surface area contributed by atoms with Gasteiger partial charge in [0.25, 0.3) is 0 Å². The fourth-order valence-corrected chi connectivity index (χ4v) is 3.62. The first-order valence-electron chi connectivity index (χ1n) is 6.63. The number of alkyl halides is 1. The molecule has 7 heteroatoms. The van der Waals surface area contributed by atoms with E-state index in [2.05, 4.69) is 9.97 Å². The number of aromatic amines is 1. The second-order valence-electron chi connectivity index (χ2n) is 4.70. The van der Waals surface area contributed by atoms with Crippen LogP contribution in [0.15, 0.2) is 35.4 Å². The van der Waals surface area contributed by atoms with Crippen LogP contribution in [-0.4, -0.2) is 29.2 Å². The fourth-order valence-electron chi connectivity index (χ4n) is 2.03. The lowest BCUT2D eigenvalue weighted by Gasteiger charge is -2.19. The predicted octanol–water partition coefficient (Wildman–Crippen LogP) is 2.67. The highest BCUT2D eigenvalue weighted by atomic mass is 35.5. The summed E-state index contributed by atoms with van der Waals surface area (Å²) in [4.78, 5) is 7.44. The molecule has 0 spiro atoms. The number of aromatic nitrogens is 2. The molecule has 2 aromatic rings. The maximum absolute atomic E-state index is 12.6. The maximum atomic E-state index is 12.6. The fraction of sp³-hybridized carbons (Fsp3) is 0.357. The highest BCUT2D eigenvalue weighted by molar-refractivity contribution is 7.89. The third kappa shape index (κ3) is 3.64. The third-order valence-electron chi connectivity index (χ3n) is 3.14. The van der Waals surface area contributed by atoms with Gasteiger partial charge < -0.3 is 4.98 Å². The van der Waals surface area contributed by atoms with Crippen molar-refractivity contribution < 1.29 is 8.42 Å². The van der Waals surface area contributed by atoms with Crippen molar-refractivity contribution in [1.82, 2.24) is 14.3 Å². The number of nitrogens with zero attached hydrogens (tertiary/aromatic N) is 2. The monoisotopic (exact) mass is 327 g/mol. The smallest absolute Gasteiger partial charge is 0.244 e. The molecule has 0 unspecified atom stereocenters. The molecule has 2 heterocycles. The molecule has 0 aliphatic heterocycles. The zero-order valence-corrected chi connectivity index (χ0v) is 13.6. The van der Waals surface area contributed by atoms with Gasteiger partial charge in [-0.2, -0.15) is 4.31 Å². The molecule has 2 rings (SSSR count). The van der Waals surface area contributed by atoms with Crippen molar-refractivity contribution in [2.45, 2.75) is 31.2 Å². The van der Waals surface area contributed by atoms with E-state index in [-0.39, 0.29) is 17.3 Å². The quantitative estimate of drug-likeness (QED) is 0.829. The Labute approximate surface area is 130 Å². The van der Waals surface area contributed by atoms with Crippen LogP contribution in [0.3, 0.4) is 0 Å². The van der Waals surface area contributed by atoms with Crippen molar-refractivity contribution in [2.24, 2.45) is 0 Å². The Hall–Kier alpha value is -1.37. The highest BCUT2D eigenvalue weighted by Crippen LogP contribution is 2.19. The second-order valence-corrected chi connectivity index (χ2v) is 6.90. The summed E-state index contributed by atoms with van der Waals surface area (Å²) in [6.07, 6.45) is 1.47. The van der Waals surface area contributed by atoms with Crippen molar-refractivity contribution >= 4 is 21.6 Å². The van der Waals surface area contributed by atoms with Crippen molar-refractivity contribution in [2.75, 3.05) is 6.54 Å². The van der Waals surface area contributed by atoms with Gasteiger partial charge in [-0.1, -0.05) is 13.0 Å². The number of sulfonamides is 1. The van der Waals surface area contributed by atoms with E-state index in [0.717, 1.165) is 11.4 Å². The Morgan fingerprint density at radius 3 is 2.71 bits per heavy atom. The summed E-state index contributed by atoms with van der Waals surface area (Å²) in [6, 6.07) is 7.15. The molecule has 0 bridgehead atoms. The van der Waals surface area contributed by atoms with Crippen LogP contribution in [-0.2, 0) is 22.4 Å². The molecule has 2 aromatic heterocycles. The molecule has 0 saturated carbocycles. The minimum atomic E-state index is -3.55. The van der Waals surface area contributed by atoms with Crippen LogP contribution < -0.4 is 0 Å². The molecule has 0 fully saturated rings. The van der Waals surface area contributed by atoms with Crippen molar-refractivity contribution in [3.63, 3.8) is 0 Å². The van der Waals surface area contributed by atoms with E-state index in [9.17, 15) is 8.42 Å². The highest BCUT2D eigenvalue weighted by Gasteiger charge is 2.24.